The van der Waals surface area contributed by atoms with Gasteiger partial charge >= 0.3 is 0 Å². The van der Waals surface area contributed by atoms with E-state index in [0.717, 1.165) is 33.2 Å². The molecule has 27 heavy (non-hydrogen) atoms. The second-order valence-electron chi connectivity index (χ2n) is 8.13. The largest absolute Gasteiger partial charge is 0.454 e. The van der Waals surface area contributed by atoms with Crippen molar-refractivity contribution in [2.24, 2.45) is 0 Å². The summed E-state index contributed by atoms with van der Waals surface area (Å²) in [5, 5.41) is 4.77. The first kappa shape index (κ1) is 16.1. The smallest absolute Gasteiger partial charge is 0.161 e. The number of aromatic nitrogens is 1. The van der Waals surface area contributed by atoms with Crippen LogP contribution in [-0.4, -0.2) is 4.98 Å². The highest BCUT2D eigenvalue weighted by molar-refractivity contribution is 6.09. The van der Waals surface area contributed by atoms with E-state index in [2.05, 4.69) is 63.2 Å². The molecule has 0 saturated carbocycles. The Balaban J connectivity index is 1.86. The minimum Gasteiger partial charge on any atom is -0.454 e. The van der Waals surface area contributed by atoms with Crippen LogP contribution in [0.3, 0.4) is 0 Å². The minimum absolute atomic E-state index is 0.0391. The molecule has 0 aliphatic rings. The quantitative estimate of drug-likeness (QED) is 0.322. The Hall–Kier alpha value is -3.13. The summed E-state index contributed by atoms with van der Waals surface area (Å²) in [7, 11) is 0. The SMILES string of the molecule is CC(C)(C)c1cc(-c2nccc3c2oc2ccccc23)cc2ccccc12. The maximum absolute atomic E-state index is 6.21. The van der Waals surface area contributed by atoms with Crippen molar-refractivity contribution in [3.63, 3.8) is 0 Å². The van der Waals surface area contributed by atoms with Crippen LogP contribution in [0.5, 0.6) is 0 Å². The summed E-state index contributed by atoms with van der Waals surface area (Å²) in [5.74, 6) is 0. The molecule has 0 bridgehead atoms. The van der Waals surface area contributed by atoms with Crippen LogP contribution in [0.15, 0.2) is 77.3 Å². The maximum atomic E-state index is 6.21. The number of hydrogen-bond donors (Lipinski definition) is 0. The van der Waals surface area contributed by atoms with Gasteiger partial charge in [-0.3, -0.25) is 4.98 Å². The molecule has 0 aliphatic carbocycles. The van der Waals surface area contributed by atoms with Crippen LogP contribution in [0.2, 0.25) is 0 Å². The third-order valence-corrected chi connectivity index (χ3v) is 5.24. The van der Waals surface area contributed by atoms with Crippen LogP contribution in [0.4, 0.5) is 0 Å². The van der Waals surface area contributed by atoms with Gasteiger partial charge in [-0.1, -0.05) is 63.2 Å². The van der Waals surface area contributed by atoms with Crippen molar-refractivity contribution in [1.82, 2.24) is 4.98 Å². The molecule has 0 atom stereocenters. The standard InChI is InChI=1S/C25H21NO/c1-25(2,3)21-15-17(14-16-8-4-5-9-18(16)21)23-24-20(12-13-26-23)19-10-6-7-11-22(19)27-24/h4-15H,1-3H3. The highest BCUT2D eigenvalue weighted by Gasteiger charge is 2.20. The zero-order valence-electron chi connectivity index (χ0n) is 15.8. The van der Waals surface area contributed by atoms with Gasteiger partial charge in [-0.05, 0) is 46.0 Å². The third kappa shape index (κ3) is 2.52. The number of hydrogen-bond acceptors (Lipinski definition) is 2. The van der Waals surface area contributed by atoms with Gasteiger partial charge in [0.15, 0.2) is 5.58 Å². The Morgan fingerprint density at radius 3 is 2.33 bits per heavy atom. The van der Waals surface area contributed by atoms with Gasteiger partial charge in [-0.2, -0.15) is 0 Å². The van der Waals surface area contributed by atoms with Crippen LogP contribution in [0, 0.1) is 0 Å². The van der Waals surface area contributed by atoms with Crippen LogP contribution in [-0.2, 0) is 5.41 Å². The summed E-state index contributed by atoms with van der Waals surface area (Å²) >= 11 is 0. The van der Waals surface area contributed by atoms with E-state index >= 15 is 0 Å². The number of nitrogens with zero attached hydrogens (tertiary/aromatic N) is 1. The van der Waals surface area contributed by atoms with Crippen LogP contribution < -0.4 is 0 Å². The van der Waals surface area contributed by atoms with E-state index in [9.17, 15) is 0 Å². The fraction of sp³-hybridized carbons (Fsp3) is 0.160. The van der Waals surface area contributed by atoms with Gasteiger partial charge in [-0.15, -0.1) is 0 Å². The predicted molar refractivity (Wildman–Crippen MR) is 113 cm³/mol. The van der Waals surface area contributed by atoms with E-state index < -0.39 is 0 Å². The second kappa shape index (κ2) is 5.68. The van der Waals surface area contributed by atoms with Gasteiger partial charge in [0.1, 0.15) is 11.3 Å². The molecule has 0 fully saturated rings. The molecule has 3 aromatic carbocycles. The molecule has 2 heteroatoms. The predicted octanol–water partition coefficient (Wildman–Crippen LogP) is 7.10. The molecule has 2 aromatic heterocycles. The van der Waals surface area contributed by atoms with Gasteiger partial charge in [0, 0.05) is 22.5 Å². The number of para-hydroxylation sites is 1. The Labute approximate surface area is 158 Å². The van der Waals surface area contributed by atoms with Gasteiger partial charge in [-0.25, -0.2) is 0 Å². The summed E-state index contributed by atoms with van der Waals surface area (Å²) in [4.78, 5) is 4.71. The van der Waals surface area contributed by atoms with E-state index in [4.69, 9.17) is 9.40 Å². The normalized spacial score (nSPS) is 12.3. The van der Waals surface area contributed by atoms with Crippen molar-refractivity contribution in [2.75, 3.05) is 0 Å². The van der Waals surface area contributed by atoms with E-state index in [1.165, 1.54) is 16.3 Å². The molecule has 0 amide bonds. The van der Waals surface area contributed by atoms with E-state index in [1.54, 1.807) is 0 Å². The van der Waals surface area contributed by atoms with E-state index in [1.807, 2.05) is 30.5 Å². The average Bonchev–Trinajstić information content (AvgIpc) is 3.05. The summed E-state index contributed by atoms with van der Waals surface area (Å²) in [6.07, 6.45) is 1.88. The van der Waals surface area contributed by atoms with Crippen LogP contribution in [0.1, 0.15) is 26.3 Å². The van der Waals surface area contributed by atoms with Crippen LogP contribution >= 0.6 is 0 Å². The fourth-order valence-electron chi connectivity index (χ4n) is 3.93. The van der Waals surface area contributed by atoms with Crippen molar-refractivity contribution >= 4 is 32.7 Å². The molecular weight excluding hydrogens is 330 g/mol. The van der Waals surface area contributed by atoms with Crippen molar-refractivity contribution in [3.8, 4) is 11.3 Å². The monoisotopic (exact) mass is 351 g/mol. The Kier molecular flexibility index (Phi) is 3.38. The molecule has 0 aliphatic heterocycles. The van der Waals surface area contributed by atoms with Crippen molar-refractivity contribution in [1.29, 1.82) is 0 Å². The molecule has 0 unspecified atom stereocenters. The summed E-state index contributed by atoms with van der Waals surface area (Å²) in [5.41, 5.74) is 5.12. The number of fused-ring (bicyclic) bond motifs is 4. The number of furan rings is 1. The van der Waals surface area contributed by atoms with Crippen molar-refractivity contribution < 1.29 is 4.42 Å². The highest BCUT2D eigenvalue weighted by atomic mass is 16.3. The van der Waals surface area contributed by atoms with Gasteiger partial charge in [0.2, 0.25) is 0 Å². The number of pyridine rings is 1. The lowest BCUT2D eigenvalue weighted by Gasteiger charge is -2.22. The maximum Gasteiger partial charge on any atom is 0.161 e. The Morgan fingerprint density at radius 1 is 0.778 bits per heavy atom. The topological polar surface area (TPSA) is 26.0 Å². The van der Waals surface area contributed by atoms with E-state index in [0.29, 0.717) is 0 Å². The van der Waals surface area contributed by atoms with Gasteiger partial charge in [0.25, 0.3) is 0 Å². The second-order valence-corrected chi connectivity index (χ2v) is 8.13. The zero-order valence-corrected chi connectivity index (χ0v) is 15.8. The minimum atomic E-state index is 0.0391. The van der Waals surface area contributed by atoms with Crippen molar-refractivity contribution in [3.05, 3.63) is 78.5 Å². The first-order valence-electron chi connectivity index (χ1n) is 9.32. The lowest BCUT2D eigenvalue weighted by atomic mass is 9.82. The van der Waals surface area contributed by atoms with Gasteiger partial charge in [0.05, 0.1) is 0 Å². The van der Waals surface area contributed by atoms with Crippen LogP contribution in [0.25, 0.3) is 44.0 Å². The molecule has 0 radical (unpaired) electrons. The van der Waals surface area contributed by atoms with Crippen molar-refractivity contribution in [2.45, 2.75) is 26.2 Å². The first-order chi connectivity index (χ1) is 13.0. The number of benzene rings is 3. The summed E-state index contributed by atoms with van der Waals surface area (Å²) in [6.45, 7) is 6.77. The third-order valence-electron chi connectivity index (χ3n) is 5.24. The summed E-state index contributed by atoms with van der Waals surface area (Å²) in [6, 6.07) is 23.3. The highest BCUT2D eigenvalue weighted by Crippen LogP contribution is 2.38. The molecule has 0 N–H and O–H groups in total. The lowest BCUT2D eigenvalue weighted by molar-refractivity contribution is 0.596. The molecule has 0 spiro atoms. The molecule has 132 valence electrons. The zero-order chi connectivity index (χ0) is 18.6. The molecule has 2 heterocycles. The Bertz CT molecular complexity index is 1300. The molecule has 0 saturated heterocycles. The summed E-state index contributed by atoms with van der Waals surface area (Å²) < 4.78 is 6.21. The average molecular weight is 351 g/mol. The number of rotatable bonds is 1. The molecule has 5 rings (SSSR count). The first-order valence-corrected chi connectivity index (χ1v) is 9.32. The molecule has 5 aromatic rings. The fourth-order valence-corrected chi connectivity index (χ4v) is 3.93. The van der Waals surface area contributed by atoms with Gasteiger partial charge < -0.3 is 4.42 Å². The Morgan fingerprint density at radius 2 is 1.52 bits per heavy atom. The van der Waals surface area contributed by atoms with E-state index in [-0.39, 0.29) is 5.41 Å². The lowest BCUT2D eigenvalue weighted by Crippen LogP contribution is -2.12. The molecular formula is C25H21NO. The molecule has 2 nitrogen and oxygen atoms in total.